The Morgan fingerprint density at radius 1 is 0.929 bits per heavy atom. The third kappa shape index (κ3) is 15.0. The minimum Gasteiger partial charge on any atom is -0.396 e. The molecule has 0 spiro atoms. The van der Waals surface area contributed by atoms with Gasteiger partial charge in [0, 0.05) is 12.4 Å². The van der Waals surface area contributed by atoms with Crippen LogP contribution in [0.4, 0.5) is 0 Å². The van der Waals surface area contributed by atoms with Crippen molar-refractivity contribution in [3.05, 3.63) is 0 Å². The largest absolute Gasteiger partial charge is 0.396 e. The van der Waals surface area contributed by atoms with Gasteiger partial charge in [-0.25, -0.2) is 0 Å². The Bertz CT molecular complexity index is 95.3. The highest BCUT2D eigenvalue weighted by Gasteiger charge is 1.98. The zero-order chi connectivity index (χ0) is 11.4. The first-order valence-corrected chi connectivity index (χ1v) is 5.68. The number of hydrogen-bond acceptors (Lipinski definition) is 6. The maximum atomic E-state index is 8.84. The van der Waals surface area contributed by atoms with Crippen LogP contribution in [0.15, 0.2) is 0 Å². The summed E-state index contributed by atoms with van der Waals surface area (Å²) in [5.41, 5.74) is 0. The van der Waals surface area contributed by atoms with Crippen LogP contribution in [0, 0.1) is 0 Å². The first-order chi connectivity index (χ1) is 6.62. The van der Waals surface area contributed by atoms with Crippen LogP contribution in [0.3, 0.4) is 0 Å². The van der Waals surface area contributed by atoms with E-state index in [1.54, 1.807) is 0 Å². The van der Waals surface area contributed by atoms with Crippen LogP contribution in [0.25, 0.3) is 0 Å². The van der Waals surface area contributed by atoms with Gasteiger partial charge in [-0.05, 0) is 18.6 Å². The molecule has 0 radical (unpaired) electrons. The molecule has 0 aromatic carbocycles. The summed E-state index contributed by atoms with van der Waals surface area (Å²) in [5, 5.41) is 33.5. The smallest absolute Gasteiger partial charge is 0.0858 e. The Labute approximate surface area is 95.8 Å². The lowest BCUT2D eigenvalue weighted by atomic mass is 10.2. The molecule has 0 bridgehead atoms. The standard InChI is InChI=1S/C5H12O2S.C3H8O2S/c6-3-1-5(7)2-4-8;4-1-3(5)2-6/h5-8H,1-4H2;3-6H,1-2H2. The van der Waals surface area contributed by atoms with Gasteiger partial charge in [-0.3, -0.25) is 0 Å². The van der Waals surface area contributed by atoms with Crippen molar-refractivity contribution < 1.29 is 20.4 Å². The highest BCUT2D eigenvalue weighted by atomic mass is 32.1. The zero-order valence-electron chi connectivity index (χ0n) is 8.08. The normalized spacial score (nSPS) is 14.1. The fourth-order valence-electron chi connectivity index (χ4n) is 0.500. The molecule has 0 aromatic heterocycles. The average Bonchev–Trinajstić information content (AvgIpc) is 2.18. The molecule has 0 aliphatic carbocycles. The molecule has 88 valence electrons. The van der Waals surface area contributed by atoms with E-state index in [2.05, 4.69) is 25.3 Å². The summed E-state index contributed by atoms with van der Waals surface area (Å²) < 4.78 is 0. The van der Waals surface area contributed by atoms with Gasteiger partial charge in [0.1, 0.15) is 0 Å². The topological polar surface area (TPSA) is 80.9 Å². The summed E-state index contributed by atoms with van der Waals surface area (Å²) in [6.07, 6.45) is 0.135. The number of thiol groups is 2. The van der Waals surface area contributed by atoms with E-state index in [9.17, 15) is 0 Å². The fourth-order valence-corrected chi connectivity index (χ4v) is 0.914. The molecular formula is C8H20O4S2. The number of aliphatic hydroxyl groups excluding tert-OH is 4. The lowest BCUT2D eigenvalue weighted by Crippen LogP contribution is -2.12. The van der Waals surface area contributed by atoms with Gasteiger partial charge in [-0.2, -0.15) is 25.3 Å². The summed E-state index contributed by atoms with van der Waals surface area (Å²) in [4.78, 5) is 0. The van der Waals surface area contributed by atoms with Gasteiger partial charge in [0.05, 0.1) is 18.8 Å². The molecule has 2 atom stereocenters. The van der Waals surface area contributed by atoms with E-state index in [1.807, 2.05) is 0 Å². The van der Waals surface area contributed by atoms with Gasteiger partial charge in [0.2, 0.25) is 0 Å². The quantitative estimate of drug-likeness (QED) is 0.350. The monoisotopic (exact) mass is 244 g/mol. The van der Waals surface area contributed by atoms with Crippen LogP contribution in [0.5, 0.6) is 0 Å². The molecule has 0 amide bonds. The Morgan fingerprint density at radius 2 is 1.50 bits per heavy atom. The average molecular weight is 244 g/mol. The van der Waals surface area contributed by atoms with Crippen LogP contribution >= 0.6 is 25.3 Å². The first kappa shape index (κ1) is 17.0. The molecule has 0 saturated carbocycles. The first-order valence-electron chi connectivity index (χ1n) is 4.41. The molecule has 6 heteroatoms. The maximum Gasteiger partial charge on any atom is 0.0858 e. The third-order valence-corrected chi connectivity index (χ3v) is 2.03. The summed E-state index contributed by atoms with van der Waals surface area (Å²) >= 11 is 7.60. The van der Waals surface area contributed by atoms with Gasteiger partial charge < -0.3 is 20.4 Å². The minimum absolute atomic E-state index is 0.0644. The summed E-state index contributed by atoms with van der Waals surface area (Å²) in [7, 11) is 0. The van der Waals surface area contributed by atoms with Gasteiger partial charge in [-0.15, -0.1) is 0 Å². The molecule has 0 fully saturated rings. The third-order valence-electron chi connectivity index (χ3n) is 1.35. The van der Waals surface area contributed by atoms with Crippen molar-refractivity contribution in [3.8, 4) is 0 Å². The predicted octanol–water partition coefficient (Wildman–Crippen LogP) is -0.681. The van der Waals surface area contributed by atoms with Crippen LogP contribution in [-0.2, 0) is 0 Å². The molecule has 0 saturated heterocycles. The van der Waals surface area contributed by atoms with Crippen molar-refractivity contribution in [2.24, 2.45) is 0 Å². The summed E-state index contributed by atoms with van der Waals surface area (Å²) in [6, 6.07) is 0. The van der Waals surface area contributed by atoms with E-state index < -0.39 is 6.10 Å². The maximum absolute atomic E-state index is 8.84. The Hall–Kier alpha value is 0.540. The molecule has 0 aromatic rings. The second-order valence-corrected chi connectivity index (χ2v) is 3.51. The Morgan fingerprint density at radius 3 is 1.71 bits per heavy atom. The molecule has 0 heterocycles. The fraction of sp³-hybridized carbons (Fsp3) is 1.00. The van der Waals surface area contributed by atoms with Crippen molar-refractivity contribution >= 4 is 25.3 Å². The Kier molecular flexibility index (Phi) is 16.4. The van der Waals surface area contributed by atoms with Crippen LogP contribution < -0.4 is 0 Å². The minimum atomic E-state index is -0.645. The molecule has 0 aliphatic rings. The lowest BCUT2D eigenvalue weighted by Gasteiger charge is -2.03. The van der Waals surface area contributed by atoms with E-state index >= 15 is 0 Å². The van der Waals surface area contributed by atoms with E-state index in [0.717, 1.165) is 0 Å². The van der Waals surface area contributed by atoms with Crippen molar-refractivity contribution in [3.63, 3.8) is 0 Å². The zero-order valence-corrected chi connectivity index (χ0v) is 9.87. The second kappa shape index (κ2) is 13.5. The molecule has 2 unspecified atom stereocenters. The number of rotatable bonds is 6. The van der Waals surface area contributed by atoms with Crippen molar-refractivity contribution in [1.82, 2.24) is 0 Å². The van der Waals surface area contributed by atoms with Gasteiger partial charge in [-0.1, -0.05) is 0 Å². The van der Waals surface area contributed by atoms with Gasteiger partial charge >= 0.3 is 0 Å². The molecule has 0 rings (SSSR count). The van der Waals surface area contributed by atoms with Crippen LogP contribution in [0.2, 0.25) is 0 Å². The lowest BCUT2D eigenvalue weighted by molar-refractivity contribution is 0.114. The van der Waals surface area contributed by atoms with Gasteiger partial charge in [0.15, 0.2) is 0 Å². The highest BCUT2D eigenvalue weighted by molar-refractivity contribution is 7.80. The van der Waals surface area contributed by atoms with E-state index in [0.29, 0.717) is 24.3 Å². The van der Waals surface area contributed by atoms with Gasteiger partial charge in [0.25, 0.3) is 0 Å². The molecule has 14 heavy (non-hydrogen) atoms. The SMILES string of the molecule is OCC(O)CS.OCCC(O)CCS. The number of hydrogen-bond donors (Lipinski definition) is 6. The van der Waals surface area contributed by atoms with Crippen molar-refractivity contribution in [2.45, 2.75) is 25.0 Å². The molecule has 4 N–H and O–H groups in total. The summed E-state index contributed by atoms with van der Waals surface area (Å²) in [6.45, 7) is -0.127. The van der Waals surface area contributed by atoms with E-state index in [4.69, 9.17) is 20.4 Å². The van der Waals surface area contributed by atoms with Crippen molar-refractivity contribution in [2.75, 3.05) is 24.7 Å². The van der Waals surface area contributed by atoms with Crippen molar-refractivity contribution in [1.29, 1.82) is 0 Å². The predicted molar refractivity (Wildman–Crippen MR) is 63.1 cm³/mol. The number of aliphatic hydroxyl groups is 4. The highest BCUT2D eigenvalue weighted by Crippen LogP contribution is 1.96. The Balaban J connectivity index is 0. The summed E-state index contributed by atoms with van der Waals surface area (Å²) in [5.74, 6) is 1.01. The second-order valence-electron chi connectivity index (χ2n) is 2.70. The molecule has 0 aliphatic heterocycles. The van der Waals surface area contributed by atoms with E-state index in [-0.39, 0.29) is 19.3 Å². The molecule has 4 nitrogen and oxygen atoms in total. The van der Waals surface area contributed by atoms with Crippen LogP contribution in [-0.4, -0.2) is 57.4 Å². The van der Waals surface area contributed by atoms with E-state index in [1.165, 1.54) is 0 Å². The molecular weight excluding hydrogens is 224 g/mol. The van der Waals surface area contributed by atoms with Crippen LogP contribution in [0.1, 0.15) is 12.8 Å².